The molecule has 0 aromatic rings. The molecule has 4 aliphatic heterocycles. The third-order valence-corrected chi connectivity index (χ3v) is 18.8. The van der Waals surface area contributed by atoms with Gasteiger partial charge >= 0.3 is 5.97 Å². The van der Waals surface area contributed by atoms with Gasteiger partial charge in [0.25, 0.3) is 0 Å². The van der Waals surface area contributed by atoms with E-state index in [1.807, 2.05) is 6.08 Å². The molecule has 4 saturated heterocycles. The molecule has 0 saturated carbocycles. The standard InChI is InChI=1S/C68H123N3O26/c1-5-7-9-11-13-15-17-19-20-22-24-26-28-30-32-34-51(81)71-44(45(78)33-31-29-27-25-23-21-18-16-14-12-10-8-6-2)40-90-65-58(86)57(85)60(49(38-74)93-65)95-66-59(87)63(61(50(39-75)94-66)96-64-53(70-43(4)77)56(84)55(83)48(37-73)92-64)91-41-68(67(88)89)35-46(79)52(69-42(3)76)62(97-68)54(82)47(80)36-72/h31,33,44-50,52-66,72-75,78-80,82-87H,5-30,32,34-41H2,1-4H3,(H,69,76)(H,70,77)(H,71,81)(H,88,89). The van der Waals surface area contributed by atoms with Gasteiger partial charge < -0.3 is 125 Å². The molecule has 4 heterocycles. The summed E-state index contributed by atoms with van der Waals surface area (Å²) in [7, 11) is 0. The fourth-order valence-electron chi connectivity index (χ4n) is 13.0. The number of hydrogen-bond acceptors (Lipinski definition) is 25. The highest BCUT2D eigenvalue weighted by atomic mass is 16.8. The largest absolute Gasteiger partial charge is 0.479 e. The van der Waals surface area contributed by atoms with E-state index >= 15 is 0 Å². The molecule has 29 heteroatoms. The molecule has 4 rings (SSSR count). The van der Waals surface area contributed by atoms with Crippen LogP contribution in [0.2, 0.25) is 0 Å². The van der Waals surface area contributed by atoms with Gasteiger partial charge in [0, 0.05) is 26.7 Å². The van der Waals surface area contributed by atoms with Crippen LogP contribution in [0, 0.1) is 0 Å². The maximum absolute atomic E-state index is 13.5. The number of hydrogen-bond donors (Lipinski definition) is 17. The molecule has 17 N–H and O–H groups in total. The van der Waals surface area contributed by atoms with Gasteiger partial charge in [-0.3, -0.25) is 14.4 Å². The van der Waals surface area contributed by atoms with Crippen LogP contribution in [0.15, 0.2) is 12.2 Å². The summed E-state index contributed by atoms with van der Waals surface area (Å²) in [4.78, 5) is 51.6. The second-order valence-electron chi connectivity index (χ2n) is 26.9. The number of aliphatic hydroxyl groups excluding tert-OH is 13. The molecule has 0 radical (unpaired) electrons. The van der Waals surface area contributed by atoms with Crippen LogP contribution in [-0.2, 0) is 57.1 Å². The van der Waals surface area contributed by atoms with Crippen LogP contribution >= 0.6 is 0 Å². The number of allylic oxidation sites excluding steroid dienone is 1. The minimum atomic E-state index is -2.77. The van der Waals surface area contributed by atoms with Crippen molar-refractivity contribution in [3.8, 4) is 0 Å². The molecule has 4 aliphatic rings. The van der Waals surface area contributed by atoms with Gasteiger partial charge in [0.05, 0.1) is 63.9 Å². The fraction of sp³-hybridized carbons (Fsp3) is 0.912. The molecule has 566 valence electrons. The molecule has 0 aliphatic carbocycles. The number of unbranched alkanes of at least 4 members (excludes halogenated alkanes) is 25. The SMILES string of the molecule is CCCCCCCCCCCCCC=CC(O)C(COC1OC(CO)C(OC2OC(CO)C(OC3OC(CO)C(O)C(O)C3NC(C)=O)C(OCC3(C(=O)O)CC(O)C(NC(C)=O)C(C(O)C(O)CO)O3)C2O)C(O)C1O)NC(=O)CCCCCCCCCCCCCCCCC. The Kier molecular flexibility index (Phi) is 41.9. The monoisotopic (exact) mass is 1400 g/mol. The average molecular weight is 1400 g/mol. The number of carbonyl (C=O) groups is 4. The molecule has 0 spiro atoms. The van der Waals surface area contributed by atoms with Gasteiger partial charge in [0.1, 0.15) is 91.5 Å². The summed E-state index contributed by atoms with van der Waals surface area (Å²) in [5, 5.41) is 162. The van der Waals surface area contributed by atoms with Gasteiger partial charge in [-0.2, -0.15) is 0 Å². The number of rotatable bonds is 50. The van der Waals surface area contributed by atoms with Crippen molar-refractivity contribution < 1.29 is 129 Å². The molecule has 23 unspecified atom stereocenters. The molecule has 29 nitrogen and oxygen atoms in total. The number of carboxylic acid groups (broad SMARTS) is 1. The Balaban J connectivity index is 1.53. The maximum atomic E-state index is 13.5. The van der Waals surface area contributed by atoms with E-state index in [0.717, 1.165) is 65.2 Å². The molecule has 3 amide bonds. The van der Waals surface area contributed by atoms with E-state index in [4.69, 9.17) is 37.9 Å². The zero-order chi connectivity index (χ0) is 71.5. The highest BCUT2D eigenvalue weighted by Crippen LogP contribution is 2.38. The van der Waals surface area contributed by atoms with Crippen molar-refractivity contribution >= 4 is 23.7 Å². The van der Waals surface area contributed by atoms with Crippen molar-refractivity contribution in [3.63, 3.8) is 0 Å². The lowest BCUT2D eigenvalue weighted by molar-refractivity contribution is -0.379. The molecule has 4 fully saturated rings. The summed E-state index contributed by atoms with van der Waals surface area (Å²) in [5.41, 5.74) is -2.77. The molecular weight excluding hydrogens is 1270 g/mol. The van der Waals surface area contributed by atoms with E-state index < -0.39 is 204 Å². The van der Waals surface area contributed by atoms with Crippen molar-refractivity contribution in [2.24, 2.45) is 0 Å². The molecule has 0 aromatic heterocycles. The summed E-state index contributed by atoms with van der Waals surface area (Å²) >= 11 is 0. The molecular formula is C68H123N3O26. The minimum Gasteiger partial charge on any atom is -0.479 e. The van der Waals surface area contributed by atoms with Crippen LogP contribution in [0.3, 0.4) is 0 Å². The van der Waals surface area contributed by atoms with Gasteiger partial charge in [0.15, 0.2) is 24.5 Å². The van der Waals surface area contributed by atoms with Gasteiger partial charge in [0.2, 0.25) is 17.7 Å². The van der Waals surface area contributed by atoms with E-state index in [0.29, 0.717) is 12.8 Å². The quantitative estimate of drug-likeness (QED) is 0.0300. The third kappa shape index (κ3) is 28.5. The van der Waals surface area contributed by atoms with E-state index in [-0.39, 0.29) is 12.3 Å². The Morgan fingerprint density at radius 1 is 0.536 bits per heavy atom. The van der Waals surface area contributed by atoms with E-state index in [1.165, 1.54) is 109 Å². The number of nitrogens with one attached hydrogen (secondary N) is 3. The number of carboxylic acids is 1. The first-order valence-corrected chi connectivity index (χ1v) is 36.0. The maximum Gasteiger partial charge on any atom is 0.338 e. The van der Waals surface area contributed by atoms with Crippen LogP contribution in [-0.4, -0.2) is 275 Å². The molecule has 0 bridgehead atoms. The second kappa shape index (κ2) is 47.1. The second-order valence-corrected chi connectivity index (χ2v) is 26.9. The number of ether oxygens (including phenoxy) is 8. The van der Waals surface area contributed by atoms with Crippen LogP contribution in [0.1, 0.15) is 214 Å². The Morgan fingerprint density at radius 2 is 1.01 bits per heavy atom. The lowest BCUT2D eigenvalue weighted by Crippen LogP contribution is -2.70. The predicted molar refractivity (Wildman–Crippen MR) is 351 cm³/mol. The summed E-state index contributed by atoms with van der Waals surface area (Å²) in [6.45, 7) is 0.760. The first-order valence-electron chi connectivity index (χ1n) is 36.0. The minimum absolute atomic E-state index is 0.171. The van der Waals surface area contributed by atoms with Gasteiger partial charge in [-0.25, -0.2) is 4.79 Å². The number of aliphatic hydroxyl groups is 13. The van der Waals surface area contributed by atoms with Gasteiger partial charge in [-0.15, -0.1) is 0 Å². The van der Waals surface area contributed by atoms with Crippen LogP contribution in [0.4, 0.5) is 0 Å². The molecule has 0 aromatic carbocycles. The summed E-state index contributed by atoms with van der Waals surface area (Å²) in [6, 6.07) is -4.34. The lowest BCUT2D eigenvalue weighted by atomic mass is 9.83. The Labute approximate surface area is 572 Å². The smallest absolute Gasteiger partial charge is 0.338 e. The molecule has 23 atom stereocenters. The Bertz CT molecular complexity index is 2190. The highest BCUT2D eigenvalue weighted by molar-refractivity contribution is 5.78. The Hall–Kier alpha value is -3.22. The fourth-order valence-corrected chi connectivity index (χ4v) is 13.0. The van der Waals surface area contributed by atoms with Crippen LogP contribution in [0.5, 0.6) is 0 Å². The molecule has 97 heavy (non-hydrogen) atoms. The van der Waals surface area contributed by atoms with E-state index in [9.17, 15) is 90.7 Å². The van der Waals surface area contributed by atoms with Crippen molar-refractivity contribution in [2.45, 2.75) is 354 Å². The number of aliphatic carboxylic acids is 1. The normalized spacial score (nSPS) is 32.1. The van der Waals surface area contributed by atoms with Crippen molar-refractivity contribution in [2.75, 3.05) is 39.6 Å². The zero-order valence-electron chi connectivity index (χ0n) is 57.8. The van der Waals surface area contributed by atoms with Gasteiger partial charge in [-0.1, -0.05) is 180 Å². The van der Waals surface area contributed by atoms with Crippen molar-refractivity contribution in [1.82, 2.24) is 16.0 Å². The first kappa shape index (κ1) is 86.2. The summed E-state index contributed by atoms with van der Waals surface area (Å²) < 4.78 is 48.1. The average Bonchev–Trinajstić information content (AvgIpc) is 0.769. The number of amides is 3. The number of carbonyl (C=O) groups excluding carboxylic acids is 3. The summed E-state index contributed by atoms with van der Waals surface area (Å²) in [6.07, 6.45) is -2.53. The highest BCUT2D eigenvalue weighted by Gasteiger charge is 2.59. The van der Waals surface area contributed by atoms with Crippen LogP contribution < -0.4 is 16.0 Å². The lowest BCUT2D eigenvalue weighted by Gasteiger charge is -2.50. The zero-order valence-corrected chi connectivity index (χ0v) is 57.8. The van der Waals surface area contributed by atoms with Gasteiger partial charge in [-0.05, 0) is 19.3 Å². The van der Waals surface area contributed by atoms with Crippen LogP contribution in [0.25, 0.3) is 0 Å². The topological polar surface area (TPSA) is 461 Å². The van der Waals surface area contributed by atoms with E-state index in [1.54, 1.807) is 6.08 Å². The predicted octanol–water partition coefficient (Wildman–Crippen LogP) is 1.18. The van der Waals surface area contributed by atoms with E-state index in [2.05, 4.69) is 29.8 Å². The summed E-state index contributed by atoms with van der Waals surface area (Å²) in [5.74, 6) is -3.78. The third-order valence-electron chi connectivity index (χ3n) is 18.8. The van der Waals surface area contributed by atoms with Crippen molar-refractivity contribution in [1.29, 1.82) is 0 Å². The Morgan fingerprint density at radius 3 is 1.52 bits per heavy atom. The van der Waals surface area contributed by atoms with Crippen molar-refractivity contribution in [3.05, 3.63) is 12.2 Å². The first-order chi connectivity index (χ1) is 46.5.